The van der Waals surface area contributed by atoms with E-state index in [0.717, 1.165) is 37.0 Å². The van der Waals surface area contributed by atoms with Crippen molar-refractivity contribution in [1.82, 2.24) is 0 Å². The Hall–Kier alpha value is -0.390. The first-order valence-corrected chi connectivity index (χ1v) is 16.4. The number of hydrogen-bond acceptors (Lipinski definition) is 4. The Morgan fingerprint density at radius 1 is 1.03 bits per heavy atom. The fourth-order valence-electron chi connectivity index (χ4n) is 10.2. The third-order valence-corrected chi connectivity index (χ3v) is 12.7. The van der Waals surface area contributed by atoms with Gasteiger partial charge in [0.1, 0.15) is 5.60 Å². The van der Waals surface area contributed by atoms with Crippen LogP contribution in [0.5, 0.6) is 0 Å². The number of allylic oxidation sites excluding steroid dienone is 2. The molecule has 1 aliphatic heterocycles. The van der Waals surface area contributed by atoms with Crippen molar-refractivity contribution < 1.29 is 17.3 Å². The van der Waals surface area contributed by atoms with Crippen molar-refractivity contribution in [1.29, 1.82) is 0 Å². The Balaban J connectivity index is 1.32. The number of hydrogen-bond donors (Lipinski definition) is 0. The smallest absolute Gasteiger partial charge is 0.264 e. The van der Waals surface area contributed by atoms with Crippen molar-refractivity contribution >= 4 is 10.1 Å². The van der Waals surface area contributed by atoms with Gasteiger partial charge in [-0.3, -0.25) is 4.18 Å². The Morgan fingerprint density at radius 2 is 1.77 bits per heavy atom. The van der Waals surface area contributed by atoms with E-state index in [4.69, 9.17) is 8.92 Å². The number of fused-ring (bicyclic) bond motifs is 4. The summed E-state index contributed by atoms with van der Waals surface area (Å²) < 4.78 is 35.6. The molecule has 4 aliphatic carbocycles. The van der Waals surface area contributed by atoms with Crippen molar-refractivity contribution in [3.63, 3.8) is 0 Å². The fraction of sp³-hybridized carbons (Fsp3) is 0.933. The van der Waals surface area contributed by atoms with Gasteiger partial charge in [0, 0.05) is 11.8 Å². The standard InChI is InChI=1S/C30H50O4S/c1-8-21(19(2)3)10-9-20(4)24-11-12-25-23-17-27-30(33-27)18-22(34-35(7,31)32)13-16-29(30,6)26(23)14-15-28(24,25)5/h9-10,19-27H,8,11-18H2,1-7H3/b10-9+/t20-,21-,22?,23+,24-,25+,26+,27+,28-,29-,30+/m1/s1. The van der Waals surface area contributed by atoms with E-state index in [1.165, 1.54) is 44.8 Å². The second-order valence-corrected chi connectivity index (χ2v) is 15.6. The molecule has 0 radical (unpaired) electrons. The van der Waals surface area contributed by atoms with Crippen molar-refractivity contribution in [2.24, 2.45) is 52.3 Å². The lowest BCUT2D eigenvalue weighted by Gasteiger charge is -2.59. The molecule has 1 heterocycles. The Labute approximate surface area is 215 Å². The van der Waals surface area contributed by atoms with E-state index in [0.29, 0.717) is 35.2 Å². The van der Waals surface area contributed by atoms with E-state index in [1.54, 1.807) is 0 Å². The average Bonchev–Trinajstić information content (AvgIpc) is 3.34. The minimum Gasteiger partial charge on any atom is -0.365 e. The van der Waals surface area contributed by atoms with Gasteiger partial charge >= 0.3 is 0 Å². The summed E-state index contributed by atoms with van der Waals surface area (Å²) in [6, 6.07) is 0. The lowest BCUT2D eigenvalue weighted by molar-refractivity contribution is -0.112. The molecule has 11 atom stereocenters. The molecule has 0 bridgehead atoms. The van der Waals surface area contributed by atoms with E-state index in [9.17, 15) is 8.42 Å². The summed E-state index contributed by atoms with van der Waals surface area (Å²) in [5.74, 6) is 5.10. The highest BCUT2D eigenvalue weighted by Crippen LogP contribution is 2.74. The maximum absolute atomic E-state index is 11.8. The van der Waals surface area contributed by atoms with Gasteiger partial charge in [-0.05, 0) is 98.2 Å². The average molecular weight is 507 g/mol. The molecule has 0 amide bonds. The summed E-state index contributed by atoms with van der Waals surface area (Å²) in [5.41, 5.74) is 0.455. The third-order valence-electron chi connectivity index (χ3n) is 12.0. The molecule has 5 rings (SSSR count). The quantitative estimate of drug-likeness (QED) is 0.212. The van der Waals surface area contributed by atoms with E-state index >= 15 is 0 Å². The topological polar surface area (TPSA) is 55.9 Å². The lowest BCUT2D eigenvalue weighted by Crippen LogP contribution is -2.59. The first kappa shape index (κ1) is 26.2. The van der Waals surface area contributed by atoms with E-state index in [-0.39, 0.29) is 17.1 Å². The Kier molecular flexibility index (Phi) is 6.62. The monoisotopic (exact) mass is 506 g/mol. The van der Waals surface area contributed by atoms with Crippen molar-refractivity contribution in [2.45, 2.75) is 117 Å². The van der Waals surface area contributed by atoms with Crippen molar-refractivity contribution in [3.05, 3.63) is 12.2 Å². The zero-order chi connectivity index (χ0) is 25.4. The first-order valence-electron chi connectivity index (χ1n) is 14.6. The molecule has 35 heavy (non-hydrogen) atoms. The molecule has 0 aromatic heterocycles. The van der Waals surface area contributed by atoms with E-state index in [1.807, 2.05) is 0 Å². The lowest BCUT2D eigenvalue weighted by atomic mass is 9.44. The summed E-state index contributed by atoms with van der Waals surface area (Å²) in [6.07, 6.45) is 16.8. The molecule has 1 saturated heterocycles. The first-order chi connectivity index (χ1) is 16.3. The Bertz CT molecular complexity index is 942. The maximum atomic E-state index is 11.8. The van der Waals surface area contributed by atoms with Crippen LogP contribution in [-0.4, -0.2) is 32.5 Å². The Morgan fingerprint density at radius 3 is 2.43 bits per heavy atom. The number of ether oxygens (including phenoxy) is 1. The molecule has 4 saturated carbocycles. The molecule has 4 nitrogen and oxygen atoms in total. The van der Waals surface area contributed by atoms with Gasteiger partial charge in [-0.15, -0.1) is 0 Å². The summed E-state index contributed by atoms with van der Waals surface area (Å²) in [6.45, 7) is 14.6. The van der Waals surface area contributed by atoms with Gasteiger partial charge in [-0.25, -0.2) is 0 Å². The SMILES string of the molecule is CC[C@H](/C=C/[C@@H](C)[C@H]1CC[C@H]2[C@@H]3C[C@@H]4O[C@@]45CC(OS(C)(=O)=O)CC[C@]5(C)[C@H]3CC[C@]12C)C(C)C. The molecule has 200 valence electrons. The second-order valence-electron chi connectivity index (χ2n) is 14.0. The minimum absolute atomic E-state index is 0.143. The fourth-order valence-corrected chi connectivity index (χ4v) is 10.8. The van der Waals surface area contributed by atoms with Gasteiger partial charge in [-0.2, -0.15) is 8.42 Å². The molecule has 0 aromatic carbocycles. The van der Waals surface area contributed by atoms with Crippen LogP contribution in [0.3, 0.4) is 0 Å². The van der Waals surface area contributed by atoms with E-state index in [2.05, 4.69) is 53.7 Å². The number of epoxide rings is 1. The highest BCUT2D eigenvalue weighted by atomic mass is 32.2. The molecule has 0 N–H and O–H groups in total. The normalized spacial score (nSPS) is 48.7. The molecule has 5 fully saturated rings. The van der Waals surface area contributed by atoms with Gasteiger partial charge in [0.25, 0.3) is 10.1 Å². The predicted octanol–water partition coefficient (Wildman–Crippen LogP) is 7.00. The van der Waals surface area contributed by atoms with Crippen LogP contribution in [-0.2, 0) is 19.0 Å². The van der Waals surface area contributed by atoms with Crippen molar-refractivity contribution in [2.75, 3.05) is 6.26 Å². The van der Waals surface area contributed by atoms with Crippen LogP contribution in [0.2, 0.25) is 0 Å². The van der Waals surface area contributed by atoms with Gasteiger partial charge in [0.05, 0.1) is 18.5 Å². The van der Waals surface area contributed by atoms with E-state index < -0.39 is 10.1 Å². The second kappa shape index (κ2) is 8.83. The largest absolute Gasteiger partial charge is 0.365 e. The van der Waals surface area contributed by atoms with Gasteiger partial charge in [0.15, 0.2) is 0 Å². The highest BCUT2D eigenvalue weighted by Gasteiger charge is 2.76. The predicted molar refractivity (Wildman–Crippen MR) is 141 cm³/mol. The molecule has 5 aliphatic rings. The molecular formula is C30H50O4S. The van der Waals surface area contributed by atoms with Crippen molar-refractivity contribution in [3.8, 4) is 0 Å². The van der Waals surface area contributed by atoms with Crippen LogP contribution in [0.15, 0.2) is 12.2 Å². The molecular weight excluding hydrogens is 456 g/mol. The maximum Gasteiger partial charge on any atom is 0.264 e. The molecule has 1 unspecified atom stereocenters. The number of rotatable bonds is 7. The van der Waals surface area contributed by atoms with Crippen LogP contribution < -0.4 is 0 Å². The summed E-state index contributed by atoms with van der Waals surface area (Å²) in [5, 5.41) is 0. The van der Waals surface area contributed by atoms with Crippen LogP contribution in [0.1, 0.15) is 99.3 Å². The van der Waals surface area contributed by atoms with Crippen LogP contribution >= 0.6 is 0 Å². The molecule has 1 spiro atoms. The summed E-state index contributed by atoms with van der Waals surface area (Å²) in [4.78, 5) is 0. The zero-order valence-corrected chi connectivity index (χ0v) is 24.1. The van der Waals surface area contributed by atoms with Crippen LogP contribution in [0, 0.1) is 52.3 Å². The van der Waals surface area contributed by atoms with Crippen LogP contribution in [0.4, 0.5) is 0 Å². The highest BCUT2D eigenvalue weighted by molar-refractivity contribution is 7.86. The molecule has 5 heteroatoms. The minimum atomic E-state index is -3.43. The summed E-state index contributed by atoms with van der Waals surface area (Å²) in [7, 11) is -3.43. The van der Waals surface area contributed by atoms with Gasteiger partial charge < -0.3 is 4.74 Å². The zero-order valence-electron chi connectivity index (χ0n) is 23.3. The molecule has 0 aromatic rings. The summed E-state index contributed by atoms with van der Waals surface area (Å²) >= 11 is 0. The third kappa shape index (κ3) is 4.18. The van der Waals surface area contributed by atoms with Gasteiger partial charge in [0.2, 0.25) is 0 Å². The van der Waals surface area contributed by atoms with Crippen LogP contribution in [0.25, 0.3) is 0 Å². The van der Waals surface area contributed by atoms with Gasteiger partial charge in [-0.1, -0.05) is 53.7 Å².